The number of hydrogen-bond acceptors (Lipinski definition) is 4. The van der Waals surface area contributed by atoms with Gasteiger partial charge in [0.15, 0.2) is 0 Å². The van der Waals surface area contributed by atoms with E-state index in [1.54, 1.807) is 7.11 Å². The summed E-state index contributed by atoms with van der Waals surface area (Å²) in [7, 11) is 1.74. The van der Waals surface area contributed by atoms with Crippen molar-refractivity contribution in [3.8, 4) is 0 Å². The molecule has 1 aliphatic carbocycles. The van der Waals surface area contributed by atoms with Crippen molar-refractivity contribution in [3.05, 3.63) is 0 Å². The van der Waals surface area contributed by atoms with Gasteiger partial charge in [0.2, 0.25) is 0 Å². The Morgan fingerprint density at radius 3 is 2.75 bits per heavy atom. The van der Waals surface area contributed by atoms with Gasteiger partial charge < -0.3 is 14.8 Å². The Hall–Kier alpha value is -0.610. The van der Waals surface area contributed by atoms with Gasteiger partial charge in [-0.25, -0.2) is 0 Å². The standard InChI is InChI=1S/C12H23NO3/c1-3-16-11(14)4-8-13-10-12(5-6-12)7-9-15-2/h13H,3-10H2,1-2H3. The van der Waals surface area contributed by atoms with Crippen LogP contribution in [0.3, 0.4) is 0 Å². The van der Waals surface area contributed by atoms with E-state index in [0.29, 0.717) is 25.0 Å². The summed E-state index contributed by atoms with van der Waals surface area (Å²) < 4.78 is 9.95. The fraction of sp³-hybridized carbons (Fsp3) is 0.917. The fourth-order valence-electron chi connectivity index (χ4n) is 1.79. The fourth-order valence-corrected chi connectivity index (χ4v) is 1.79. The van der Waals surface area contributed by atoms with Crippen LogP contribution in [0.2, 0.25) is 0 Å². The first-order valence-electron chi connectivity index (χ1n) is 6.08. The normalized spacial score (nSPS) is 17.1. The number of hydrogen-bond donors (Lipinski definition) is 1. The molecule has 1 saturated carbocycles. The summed E-state index contributed by atoms with van der Waals surface area (Å²) in [5.41, 5.74) is 0.449. The predicted octanol–water partition coefficient (Wildman–Crippen LogP) is 1.35. The van der Waals surface area contributed by atoms with E-state index in [1.807, 2.05) is 6.92 Å². The second-order valence-electron chi connectivity index (χ2n) is 4.47. The van der Waals surface area contributed by atoms with Crippen LogP contribution >= 0.6 is 0 Å². The third-order valence-corrected chi connectivity index (χ3v) is 3.10. The molecule has 0 aromatic carbocycles. The average Bonchev–Trinajstić information content (AvgIpc) is 3.03. The van der Waals surface area contributed by atoms with Crippen LogP contribution in [0.25, 0.3) is 0 Å². The summed E-state index contributed by atoms with van der Waals surface area (Å²) in [5.74, 6) is -0.114. The van der Waals surface area contributed by atoms with Gasteiger partial charge in [-0.05, 0) is 31.6 Å². The zero-order valence-electron chi connectivity index (χ0n) is 10.4. The Balaban J connectivity index is 2.00. The van der Waals surface area contributed by atoms with E-state index in [2.05, 4.69) is 5.32 Å². The molecule has 0 atom stereocenters. The lowest BCUT2D eigenvalue weighted by atomic mass is 10.0. The molecule has 1 aliphatic rings. The van der Waals surface area contributed by atoms with Gasteiger partial charge in [0, 0.05) is 26.8 Å². The molecule has 0 spiro atoms. The van der Waals surface area contributed by atoms with Gasteiger partial charge in [0.05, 0.1) is 13.0 Å². The van der Waals surface area contributed by atoms with Crippen LogP contribution in [0, 0.1) is 5.41 Å². The number of carbonyl (C=O) groups is 1. The molecule has 0 saturated heterocycles. The summed E-state index contributed by atoms with van der Waals surface area (Å²) in [5, 5.41) is 3.33. The van der Waals surface area contributed by atoms with Gasteiger partial charge in [-0.1, -0.05) is 0 Å². The van der Waals surface area contributed by atoms with Crippen molar-refractivity contribution >= 4 is 5.97 Å². The first-order chi connectivity index (χ1) is 7.72. The zero-order chi connectivity index (χ0) is 11.9. The van der Waals surface area contributed by atoms with Gasteiger partial charge in [0.1, 0.15) is 0 Å². The molecule has 1 rings (SSSR count). The molecular formula is C12H23NO3. The molecule has 16 heavy (non-hydrogen) atoms. The minimum atomic E-state index is -0.114. The van der Waals surface area contributed by atoms with Gasteiger partial charge in [0.25, 0.3) is 0 Å². The molecule has 0 aromatic rings. The highest BCUT2D eigenvalue weighted by atomic mass is 16.5. The highest BCUT2D eigenvalue weighted by Gasteiger charge is 2.41. The van der Waals surface area contributed by atoms with Gasteiger partial charge in [-0.3, -0.25) is 4.79 Å². The Bertz CT molecular complexity index is 214. The van der Waals surface area contributed by atoms with Gasteiger partial charge >= 0.3 is 5.97 Å². The Morgan fingerprint density at radius 1 is 1.44 bits per heavy atom. The van der Waals surface area contributed by atoms with E-state index < -0.39 is 0 Å². The molecule has 0 heterocycles. The molecule has 0 amide bonds. The highest BCUT2D eigenvalue weighted by molar-refractivity contribution is 5.69. The highest BCUT2D eigenvalue weighted by Crippen LogP contribution is 2.48. The summed E-state index contributed by atoms with van der Waals surface area (Å²) in [4.78, 5) is 11.1. The summed E-state index contributed by atoms with van der Waals surface area (Å²) in [6.07, 6.45) is 4.15. The molecule has 0 unspecified atom stereocenters. The molecule has 4 heteroatoms. The zero-order valence-corrected chi connectivity index (χ0v) is 10.4. The molecule has 94 valence electrons. The first kappa shape index (κ1) is 13.5. The van der Waals surface area contributed by atoms with Crippen LogP contribution in [0.4, 0.5) is 0 Å². The molecular weight excluding hydrogens is 206 g/mol. The lowest BCUT2D eigenvalue weighted by molar-refractivity contribution is -0.142. The van der Waals surface area contributed by atoms with Crippen LogP contribution in [0.1, 0.15) is 32.6 Å². The van der Waals surface area contributed by atoms with Crippen molar-refractivity contribution in [1.82, 2.24) is 5.32 Å². The van der Waals surface area contributed by atoms with Gasteiger partial charge in [-0.15, -0.1) is 0 Å². The SMILES string of the molecule is CCOC(=O)CCNCC1(CCOC)CC1. The molecule has 0 aromatic heterocycles. The first-order valence-corrected chi connectivity index (χ1v) is 6.08. The average molecular weight is 229 g/mol. The molecule has 0 aliphatic heterocycles. The third-order valence-electron chi connectivity index (χ3n) is 3.10. The third kappa shape index (κ3) is 4.94. The number of nitrogens with one attached hydrogen (secondary N) is 1. The van der Waals surface area contributed by atoms with Crippen molar-refractivity contribution in [2.75, 3.05) is 33.4 Å². The number of carbonyl (C=O) groups excluding carboxylic acids is 1. The van der Waals surface area contributed by atoms with E-state index in [1.165, 1.54) is 12.8 Å². The van der Waals surface area contributed by atoms with E-state index in [4.69, 9.17) is 9.47 Å². The number of esters is 1. The monoisotopic (exact) mass is 229 g/mol. The predicted molar refractivity (Wildman–Crippen MR) is 62.3 cm³/mol. The molecule has 1 N–H and O–H groups in total. The summed E-state index contributed by atoms with van der Waals surface area (Å²) in [6.45, 7) is 4.84. The quantitative estimate of drug-likeness (QED) is 0.479. The van der Waals surface area contributed by atoms with Crippen LogP contribution in [-0.4, -0.2) is 39.4 Å². The second-order valence-corrected chi connectivity index (χ2v) is 4.47. The van der Waals surface area contributed by atoms with Crippen LogP contribution < -0.4 is 5.32 Å². The molecule has 1 fully saturated rings. The van der Waals surface area contributed by atoms with Crippen LogP contribution in [0.5, 0.6) is 0 Å². The summed E-state index contributed by atoms with van der Waals surface area (Å²) >= 11 is 0. The van der Waals surface area contributed by atoms with Crippen molar-refractivity contribution in [3.63, 3.8) is 0 Å². The van der Waals surface area contributed by atoms with Crippen LogP contribution in [-0.2, 0) is 14.3 Å². The molecule has 0 bridgehead atoms. The Labute approximate surface area is 97.7 Å². The van der Waals surface area contributed by atoms with E-state index >= 15 is 0 Å². The topological polar surface area (TPSA) is 47.6 Å². The smallest absolute Gasteiger partial charge is 0.307 e. The lowest BCUT2D eigenvalue weighted by Gasteiger charge is -2.15. The summed E-state index contributed by atoms with van der Waals surface area (Å²) in [6, 6.07) is 0. The van der Waals surface area contributed by atoms with Crippen molar-refractivity contribution in [2.45, 2.75) is 32.6 Å². The second kappa shape index (κ2) is 6.86. The minimum Gasteiger partial charge on any atom is -0.466 e. The van der Waals surface area contributed by atoms with Crippen LogP contribution in [0.15, 0.2) is 0 Å². The van der Waals surface area contributed by atoms with Crippen molar-refractivity contribution in [1.29, 1.82) is 0 Å². The van der Waals surface area contributed by atoms with Crippen molar-refractivity contribution < 1.29 is 14.3 Å². The minimum absolute atomic E-state index is 0.114. The lowest BCUT2D eigenvalue weighted by Crippen LogP contribution is -2.27. The van der Waals surface area contributed by atoms with E-state index in [-0.39, 0.29) is 5.97 Å². The number of ether oxygens (including phenoxy) is 2. The van der Waals surface area contributed by atoms with E-state index in [9.17, 15) is 4.79 Å². The maximum absolute atomic E-state index is 11.1. The number of rotatable bonds is 9. The molecule has 4 nitrogen and oxygen atoms in total. The van der Waals surface area contributed by atoms with Crippen molar-refractivity contribution in [2.24, 2.45) is 5.41 Å². The Kier molecular flexibility index (Phi) is 5.77. The van der Waals surface area contributed by atoms with Gasteiger partial charge in [-0.2, -0.15) is 0 Å². The maximum Gasteiger partial charge on any atom is 0.307 e. The molecule has 0 radical (unpaired) electrons. The Morgan fingerprint density at radius 2 is 2.19 bits per heavy atom. The maximum atomic E-state index is 11.1. The van der Waals surface area contributed by atoms with E-state index in [0.717, 1.165) is 19.6 Å². The largest absolute Gasteiger partial charge is 0.466 e. The number of methoxy groups -OCH3 is 1.